The van der Waals surface area contributed by atoms with Crippen LogP contribution in [0.15, 0.2) is 27.8 Å². The average molecular weight is 355 g/mol. The molecule has 0 radical (unpaired) electrons. The van der Waals surface area contributed by atoms with E-state index in [9.17, 15) is 4.79 Å². The zero-order chi connectivity index (χ0) is 14.1. The normalized spacial score (nSPS) is 15.4. The number of rotatable bonds is 5. The van der Waals surface area contributed by atoms with E-state index in [2.05, 4.69) is 31.5 Å². The van der Waals surface area contributed by atoms with Crippen molar-refractivity contribution in [3.63, 3.8) is 0 Å². The summed E-state index contributed by atoms with van der Waals surface area (Å²) in [5, 5.41) is 9.67. The second kappa shape index (κ2) is 5.77. The molecule has 0 unspecified atom stereocenters. The fourth-order valence-electron chi connectivity index (χ4n) is 2.43. The van der Waals surface area contributed by atoms with Gasteiger partial charge in [-0.25, -0.2) is 4.98 Å². The first-order valence-corrected chi connectivity index (χ1v) is 8.42. The molecule has 1 fully saturated rings. The van der Waals surface area contributed by atoms with Crippen LogP contribution in [0.25, 0.3) is 11.0 Å². The number of nitrogens with zero attached hydrogens (tertiary/aromatic N) is 2. The van der Waals surface area contributed by atoms with Gasteiger partial charge in [0.05, 0.1) is 16.8 Å². The van der Waals surface area contributed by atoms with Crippen LogP contribution in [0.1, 0.15) is 19.3 Å². The molecule has 6 heteroatoms. The van der Waals surface area contributed by atoms with Crippen molar-refractivity contribution in [2.24, 2.45) is 5.92 Å². The summed E-state index contributed by atoms with van der Waals surface area (Å²) in [5.41, 5.74) is 2.01. The number of carboxylic acid groups (broad SMARTS) is 1. The topological polar surface area (TPSA) is 55.1 Å². The van der Waals surface area contributed by atoms with Crippen LogP contribution in [0.4, 0.5) is 0 Å². The highest BCUT2D eigenvalue weighted by Crippen LogP contribution is 2.32. The summed E-state index contributed by atoms with van der Waals surface area (Å²) in [7, 11) is 0. The van der Waals surface area contributed by atoms with Crippen molar-refractivity contribution in [2.75, 3.05) is 5.75 Å². The van der Waals surface area contributed by atoms with Crippen LogP contribution >= 0.6 is 27.7 Å². The second-order valence-electron chi connectivity index (χ2n) is 5.12. The minimum atomic E-state index is -0.807. The molecule has 2 aromatic rings. The van der Waals surface area contributed by atoms with Crippen molar-refractivity contribution in [2.45, 2.75) is 31.0 Å². The number of hydrogen-bond donors (Lipinski definition) is 1. The molecule has 0 bridgehead atoms. The number of carboxylic acids is 1. The average Bonchev–Trinajstić information content (AvgIpc) is 2.68. The number of halogens is 1. The summed E-state index contributed by atoms with van der Waals surface area (Å²) < 4.78 is 3.17. The summed E-state index contributed by atoms with van der Waals surface area (Å²) in [5.74, 6) is -0.0477. The smallest absolute Gasteiger partial charge is 0.313 e. The van der Waals surface area contributed by atoms with Crippen LogP contribution in [0.2, 0.25) is 0 Å². The predicted molar refractivity (Wildman–Crippen MR) is 83.1 cm³/mol. The van der Waals surface area contributed by atoms with E-state index < -0.39 is 5.97 Å². The van der Waals surface area contributed by atoms with Crippen LogP contribution in [0.5, 0.6) is 0 Å². The molecule has 1 aromatic heterocycles. The molecule has 4 nitrogen and oxygen atoms in total. The minimum Gasteiger partial charge on any atom is -0.481 e. The number of aromatic nitrogens is 2. The van der Waals surface area contributed by atoms with Gasteiger partial charge in [-0.3, -0.25) is 4.79 Å². The van der Waals surface area contributed by atoms with Gasteiger partial charge >= 0.3 is 5.97 Å². The van der Waals surface area contributed by atoms with E-state index in [1.807, 2.05) is 12.1 Å². The first kappa shape index (κ1) is 13.9. The molecule has 1 aromatic carbocycles. The molecular formula is C14H15BrN2O2S. The Morgan fingerprint density at radius 2 is 2.30 bits per heavy atom. The van der Waals surface area contributed by atoms with E-state index >= 15 is 0 Å². The molecule has 0 saturated heterocycles. The largest absolute Gasteiger partial charge is 0.481 e. The standard InChI is InChI=1S/C14H15BrN2O2S/c15-10-4-5-12-11(6-10)16-14(20-8-13(18)19)17(12)7-9-2-1-3-9/h4-6,9H,1-3,7-8H2,(H,18,19). The van der Waals surface area contributed by atoms with Crippen molar-refractivity contribution < 1.29 is 9.90 Å². The lowest BCUT2D eigenvalue weighted by molar-refractivity contribution is -0.133. The van der Waals surface area contributed by atoms with Gasteiger partial charge in [-0.15, -0.1) is 0 Å². The molecule has 0 aliphatic heterocycles. The van der Waals surface area contributed by atoms with Gasteiger partial charge in [0.1, 0.15) is 0 Å². The van der Waals surface area contributed by atoms with E-state index in [4.69, 9.17) is 5.11 Å². The Kier molecular flexibility index (Phi) is 4.03. The minimum absolute atomic E-state index is 0.0508. The molecule has 1 aliphatic rings. The van der Waals surface area contributed by atoms with E-state index in [0.29, 0.717) is 5.92 Å². The summed E-state index contributed by atoms with van der Waals surface area (Å²) >= 11 is 4.75. The molecule has 20 heavy (non-hydrogen) atoms. The number of thioether (sulfide) groups is 1. The number of benzene rings is 1. The van der Waals surface area contributed by atoms with Crippen molar-refractivity contribution >= 4 is 44.7 Å². The lowest BCUT2D eigenvalue weighted by Gasteiger charge is -2.26. The molecule has 3 rings (SSSR count). The molecule has 1 heterocycles. The summed E-state index contributed by atoms with van der Waals surface area (Å²) in [4.78, 5) is 15.4. The Morgan fingerprint density at radius 1 is 1.50 bits per heavy atom. The number of aliphatic carboxylic acids is 1. The Morgan fingerprint density at radius 3 is 2.95 bits per heavy atom. The third kappa shape index (κ3) is 2.86. The monoisotopic (exact) mass is 354 g/mol. The first-order valence-electron chi connectivity index (χ1n) is 6.64. The maximum absolute atomic E-state index is 10.8. The van der Waals surface area contributed by atoms with Crippen LogP contribution in [-0.4, -0.2) is 26.4 Å². The van der Waals surface area contributed by atoms with Crippen molar-refractivity contribution in [3.05, 3.63) is 22.7 Å². The maximum atomic E-state index is 10.8. The van der Waals surface area contributed by atoms with E-state index in [0.717, 1.165) is 27.2 Å². The van der Waals surface area contributed by atoms with E-state index in [1.54, 1.807) is 0 Å². The Bertz CT molecular complexity index is 652. The molecule has 0 atom stereocenters. The first-order chi connectivity index (χ1) is 9.63. The Labute approximate surface area is 129 Å². The molecule has 106 valence electrons. The van der Waals surface area contributed by atoms with E-state index in [1.165, 1.54) is 31.0 Å². The van der Waals surface area contributed by atoms with Crippen LogP contribution in [0, 0.1) is 5.92 Å². The highest BCUT2D eigenvalue weighted by Gasteiger charge is 2.21. The van der Waals surface area contributed by atoms with Crippen molar-refractivity contribution in [3.8, 4) is 0 Å². The summed E-state index contributed by atoms with van der Waals surface area (Å²) in [6, 6.07) is 6.04. The van der Waals surface area contributed by atoms with Crippen LogP contribution < -0.4 is 0 Å². The second-order valence-corrected chi connectivity index (χ2v) is 6.98. The maximum Gasteiger partial charge on any atom is 0.313 e. The lowest BCUT2D eigenvalue weighted by atomic mass is 9.85. The fraction of sp³-hybridized carbons (Fsp3) is 0.429. The number of hydrogen-bond acceptors (Lipinski definition) is 3. The van der Waals surface area contributed by atoms with Gasteiger partial charge in [-0.1, -0.05) is 34.1 Å². The van der Waals surface area contributed by atoms with Gasteiger partial charge in [0.15, 0.2) is 5.16 Å². The van der Waals surface area contributed by atoms with Gasteiger partial charge < -0.3 is 9.67 Å². The highest BCUT2D eigenvalue weighted by atomic mass is 79.9. The number of imidazole rings is 1. The summed E-state index contributed by atoms with van der Waals surface area (Å²) in [6.45, 7) is 0.945. The highest BCUT2D eigenvalue weighted by molar-refractivity contribution is 9.10. The molecule has 1 aliphatic carbocycles. The predicted octanol–water partition coefficient (Wildman–Crippen LogP) is 3.78. The molecule has 0 spiro atoms. The SMILES string of the molecule is O=C(O)CSc1nc2cc(Br)ccc2n1CC1CCC1. The zero-order valence-corrected chi connectivity index (χ0v) is 13.3. The number of fused-ring (bicyclic) bond motifs is 1. The Balaban J connectivity index is 1.96. The van der Waals surface area contributed by atoms with Crippen LogP contribution in [-0.2, 0) is 11.3 Å². The van der Waals surface area contributed by atoms with Gasteiger partial charge in [0.2, 0.25) is 0 Å². The fourth-order valence-corrected chi connectivity index (χ4v) is 3.52. The molecular weight excluding hydrogens is 340 g/mol. The van der Waals surface area contributed by atoms with Crippen molar-refractivity contribution in [1.29, 1.82) is 0 Å². The van der Waals surface area contributed by atoms with E-state index in [-0.39, 0.29) is 5.75 Å². The number of carbonyl (C=O) groups is 1. The summed E-state index contributed by atoms with van der Waals surface area (Å²) in [6.07, 6.45) is 3.83. The zero-order valence-electron chi connectivity index (χ0n) is 10.9. The quantitative estimate of drug-likeness (QED) is 0.830. The molecule has 1 N–H and O–H groups in total. The molecule has 1 saturated carbocycles. The van der Waals surface area contributed by atoms with Gasteiger partial charge in [-0.05, 0) is 37.0 Å². The third-order valence-corrected chi connectivity index (χ3v) is 5.12. The third-order valence-electron chi connectivity index (χ3n) is 3.67. The van der Waals surface area contributed by atoms with Crippen molar-refractivity contribution in [1.82, 2.24) is 9.55 Å². The van der Waals surface area contributed by atoms with Gasteiger partial charge in [-0.2, -0.15) is 0 Å². The Hall–Kier alpha value is -1.01. The lowest BCUT2D eigenvalue weighted by Crippen LogP contribution is -2.18. The van der Waals surface area contributed by atoms with Crippen LogP contribution in [0.3, 0.4) is 0 Å². The van der Waals surface area contributed by atoms with Gasteiger partial charge in [0.25, 0.3) is 0 Å². The molecule has 0 amide bonds. The van der Waals surface area contributed by atoms with Gasteiger partial charge in [0, 0.05) is 11.0 Å².